The van der Waals surface area contributed by atoms with Crippen molar-refractivity contribution in [1.82, 2.24) is 9.78 Å². The van der Waals surface area contributed by atoms with Gasteiger partial charge in [-0.05, 0) is 37.3 Å². The topological polar surface area (TPSA) is 61.2 Å². The Labute approximate surface area is 147 Å². The molecule has 0 radical (unpaired) electrons. The zero-order valence-electron chi connectivity index (χ0n) is 14.0. The van der Waals surface area contributed by atoms with Crippen molar-refractivity contribution in [2.24, 2.45) is 0 Å². The number of carbonyl (C=O) groups excluding carboxylic acids is 1. The fraction of sp³-hybridized carbons (Fsp3) is 0.211. The van der Waals surface area contributed by atoms with Crippen LogP contribution in [0.5, 0.6) is 0 Å². The molecule has 0 aliphatic carbocycles. The number of nitrogens with zero attached hydrogens (tertiary/aromatic N) is 2. The normalized spacial score (nSPS) is 12.1. The van der Waals surface area contributed by atoms with Crippen molar-refractivity contribution >= 4 is 16.9 Å². The minimum Gasteiger partial charge on any atom is -0.458 e. The quantitative estimate of drug-likeness (QED) is 0.656. The molecule has 1 aromatic heterocycles. The van der Waals surface area contributed by atoms with Crippen LogP contribution in [-0.2, 0) is 16.1 Å². The summed E-state index contributed by atoms with van der Waals surface area (Å²) >= 11 is 0. The van der Waals surface area contributed by atoms with Crippen molar-refractivity contribution < 1.29 is 18.3 Å². The van der Waals surface area contributed by atoms with E-state index in [1.165, 1.54) is 17.8 Å². The zero-order chi connectivity index (χ0) is 18.7. The van der Waals surface area contributed by atoms with Gasteiger partial charge in [-0.15, -0.1) is 0 Å². The third-order valence-electron chi connectivity index (χ3n) is 3.99. The summed E-state index contributed by atoms with van der Waals surface area (Å²) in [5.74, 6) is -1.82. The maximum absolute atomic E-state index is 13.7. The molecule has 0 spiro atoms. The summed E-state index contributed by atoms with van der Waals surface area (Å²) in [7, 11) is 0. The number of para-hydroxylation sites is 1. The summed E-state index contributed by atoms with van der Waals surface area (Å²) in [5.41, 5.74) is 0.386. The van der Waals surface area contributed by atoms with Crippen LogP contribution in [0.3, 0.4) is 0 Å². The van der Waals surface area contributed by atoms with E-state index in [9.17, 15) is 18.4 Å². The highest BCUT2D eigenvalue weighted by atomic mass is 19.1. The molecule has 0 N–H and O–H groups in total. The number of esters is 1. The summed E-state index contributed by atoms with van der Waals surface area (Å²) in [4.78, 5) is 23.9. The number of ether oxygens (including phenoxy) is 1. The maximum Gasteiger partial charge on any atom is 0.308 e. The number of halogens is 2. The van der Waals surface area contributed by atoms with Gasteiger partial charge in [0.2, 0.25) is 5.43 Å². The molecule has 1 heterocycles. The second-order valence-corrected chi connectivity index (χ2v) is 5.80. The van der Waals surface area contributed by atoms with Gasteiger partial charge in [0.05, 0.1) is 24.7 Å². The van der Waals surface area contributed by atoms with E-state index in [1.54, 1.807) is 24.3 Å². The molecule has 0 fully saturated rings. The number of aromatic nitrogens is 2. The molecule has 0 amide bonds. The van der Waals surface area contributed by atoms with Crippen LogP contribution in [0.25, 0.3) is 10.9 Å². The van der Waals surface area contributed by atoms with Gasteiger partial charge in [-0.25, -0.2) is 8.78 Å². The first-order chi connectivity index (χ1) is 12.5. The summed E-state index contributed by atoms with van der Waals surface area (Å²) in [6, 6.07) is 9.93. The van der Waals surface area contributed by atoms with Crippen LogP contribution in [0, 0.1) is 11.6 Å². The molecule has 0 saturated heterocycles. The molecular formula is C19H16F2N2O3. The molecule has 0 bridgehead atoms. The molecule has 0 aliphatic heterocycles. The van der Waals surface area contributed by atoms with Gasteiger partial charge in [-0.2, -0.15) is 5.10 Å². The molecule has 134 valence electrons. The maximum atomic E-state index is 13.7. The minimum absolute atomic E-state index is 0.0229. The molecule has 26 heavy (non-hydrogen) atoms. The molecule has 0 aliphatic rings. The molecule has 3 rings (SSSR count). The number of hydrogen-bond donors (Lipinski definition) is 0. The average molecular weight is 358 g/mol. The van der Waals surface area contributed by atoms with Gasteiger partial charge in [-0.3, -0.25) is 14.3 Å². The molecule has 2 aromatic carbocycles. The van der Waals surface area contributed by atoms with Gasteiger partial charge < -0.3 is 4.74 Å². The van der Waals surface area contributed by atoms with Crippen molar-refractivity contribution in [3.63, 3.8) is 0 Å². The van der Waals surface area contributed by atoms with Crippen LogP contribution in [0.1, 0.15) is 25.0 Å². The largest absolute Gasteiger partial charge is 0.458 e. The number of aryl methyl sites for hydroxylation is 1. The highest BCUT2D eigenvalue weighted by Gasteiger charge is 2.17. The van der Waals surface area contributed by atoms with Gasteiger partial charge in [0, 0.05) is 10.9 Å². The predicted octanol–water partition coefficient (Wildman–Crippen LogP) is 3.37. The first-order valence-electron chi connectivity index (χ1n) is 8.05. The van der Waals surface area contributed by atoms with Crippen LogP contribution >= 0.6 is 0 Å². The number of rotatable bonds is 5. The molecule has 0 saturated carbocycles. The van der Waals surface area contributed by atoms with Crippen molar-refractivity contribution in [3.05, 3.63) is 76.1 Å². The Morgan fingerprint density at radius 2 is 2.00 bits per heavy atom. The van der Waals surface area contributed by atoms with E-state index >= 15 is 0 Å². The smallest absolute Gasteiger partial charge is 0.308 e. The van der Waals surface area contributed by atoms with E-state index in [0.29, 0.717) is 10.9 Å². The van der Waals surface area contributed by atoms with Crippen molar-refractivity contribution in [2.45, 2.75) is 26.0 Å². The fourth-order valence-electron chi connectivity index (χ4n) is 2.68. The number of benzene rings is 2. The van der Waals surface area contributed by atoms with E-state index in [2.05, 4.69) is 5.10 Å². The lowest BCUT2D eigenvalue weighted by molar-refractivity contribution is -0.149. The van der Waals surface area contributed by atoms with Gasteiger partial charge in [0.1, 0.15) is 17.7 Å². The second-order valence-electron chi connectivity index (χ2n) is 5.80. The van der Waals surface area contributed by atoms with Crippen LogP contribution in [0.15, 0.2) is 53.5 Å². The van der Waals surface area contributed by atoms with Gasteiger partial charge in [0.15, 0.2) is 0 Å². The minimum atomic E-state index is -0.920. The van der Waals surface area contributed by atoms with Gasteiger partial charge >= 0.3 is 5.97 Å². The second kappa shape index (κ2) is 7.43. The molecule has 1 unspecified atom stereocenters. The van der Waals surface area contributed by atoms with Crippen molar-refractivity contribution in [2.75, 3.05) is 0 Å². The fourth-order valence-corrected chi connectivity index (χ4v) is 2.68. The Balaban J connectivity index is 1.69. The Kier molecular flexibility index (Phi) is 5.06. The monoisotopic (exact) mass is 358 g/mol. The van der Waals surface area contributed by atoms with E-state index in [0.717, 1.165) is 18.2 Å². The Morgan fingerprint density at radius 3 is 2.81 bits per heavy atom. The Hall–Kier alpha value is -3.09. The first-order valence-corrected chi connectivity index (χ1v) is 8.05. The SMILES string of the molecule is CC(OC(=O)CCn1ncc(=O)c2ccccc21)c1cc(F)ccc1F. The Bertz CT molecular complexity index is 1020. The highest BCUT2D eigenvalue weighted by molar-refractivity contribution is 5.78. The summed E-state index contributed by atoms with van der Waals surface area (Å²) in [5, 5.41) is 4.53. The van der Waals surface area contributed by atoms with E-state index < -0.39 is 23.7 Å². The summed E-state index contributed by atoms with van der Waals surface area (Å²) in [6.45, 7) is 1.67. The van der Waals surface area contributed by atoms with Crippen molar-refractivity contribution in [3.8, 4) is 0 Å². The zero-order valence-corrected chi connectivity index (χ0v) is 14.0. The average Bonchev–Trinajstić information content (AvgIpc) is 2.63. The van der Waals surface area contributed by atoms with Crippen LogP contribution < -0.4 is 5.43 Å². The summed E-state index contributed by atoms with van der Waals surface area (Å²) in [6.07, 6.45) is 0.247. The lowest BCUT2D eigenvalue weighted by Gasteiger charge is -2.15. The number of fused-ring (bicyclic) bond motifs is 1. The molecular weight excluding hydrogens is 342 g/mol. The summed E-state index contributed by atoms with van der Waals surface area (Å²) < 4.78 is 33.7. The lowest BCUT2D eigenvalue weighted by Crippen LogP contribution is -2.16. The third kappa shape index (κ3) is 3.77. The van der Waals surface area contributed by atoms with Gasteiger partial charge in [0.25, 0.3) is 0 Å². The molecule has 1 atom stereocenters. The van der Waals surface area contributed by atoms with Crippen LogP contribution in [0.4, 0.5) is 8.78 Å². The van der Waals surface area contributed by atoms with E-state index in [4.69, 9.17) is 4.74 Å². The highest BCUT2D eigenvalue weighted by Crippen LogP contribution is 2.22. The lowest BCUT2D eigenvalue weighted by atomic mass is 10.1. The molecule has 3 aromatic rings. The van der Waals surface area contributed by atoms with Crippen molar-refractivity contribution in [1.29, 1.82) is 0 Å². The van der Waals surface area contributed by atoms with Gasteiger partial charge in [-0.1, -0.05) is 12.1 Å². The molecule has 7 heteroatoms. The number of hydrogen-bond acceptors (Lipinski definition) is 4. The third-order valence-corrected chi connectivity index (χ3v) is 3.99. The van der Waals surface area contributed by atoms with Crippen LogP contribution in [0.2, 0.25) is 0 Å². The van der Waals surface area contributed by atoms with E-state index in [1.807, 2.05) is 0 Å². The predicted molar refractivity (Wildman–Crippen MR) is 91.5 cm³/mol. The van der Waals surface area contributed by atoms with E-state index in [-0.39, 0.29) is 24.0 Å². The van der Waals surface area contributed by atoms with Crippen LogP contribution in [-0.4, -0.2) is 15.7 Å². The Morgan fingerprint density at radius 1 is 1.23 bits per heavy atom. The number of carbonyl (C=O) groups is 1. The molecule has 5 nitrogen and oxygen atoms in total. The first kappa shape index (κ1) is 17.7. The standard InChI is InChI=1S/C19H16F2N2O3/c1-12(15-10-13(20)6-7-16(15)21)26-19(25)8-9-23-17-5-3-2-4-14(17)18(24)11-22-23/h2-7,10-12H,8-9H2,1H3.